The lowest BCUT2D eigenvalue weighted by molar-refractivity contribution is -0.299. The lowest BCUT2D eigenvalue weighted by Crippen LogP contribution is -2.63. The highest BCUT2D eigenvalue weighted by Crippen LogP contribution is 2.32. The Bertz CT molecular complexity index is 1470. The zero-order chi connectivity index (χ0) is 34.3. The van der Waals surface area contributed by atoms with Crippen molar-refractivity contribution in [2.75, 3.05) is 19.0 Å². The van der Waals surface area contributed by atoms with Crippen LogP contribution < -0.4 is 5.32 Å². The normalized spacial score (nSPS) is 21.6. The van der Waals surface area contributed by atoms with Crippen molar-refractivity contribution in [1.82, 2.24) is 0 Å². The minimum absolute atomic E-state index is 0.289. The first-order chi connectivity index (χ1) is 23.4. The number of benzene rings is 3. The van der Waals surface area contributed by atoms with Crippen molar-refractivity contribution in [3.8, 4) is 0 Å². The summed E-state index contributed by atoms with van der Waals surface area (Å²) in [6, 6.07) is 27.5. The number of methoxy groups -OCH3 is 1. The number of para-hydroxylation sites is 1. The second-order valence-electron chi connectivity index (χ2n) is 11.4. The van der Waals surface area contributed by atoms with Crippen LogP contribution in [0.2, 0.25) is 0 Å². The molecule has 1 heterocycles. The Labute approximate surface area is 281 Å². The molecule has 3 aromatic rings. The average molecular weight is 658 g/mol. The molecular formula is C38H43NO9. The van der Waals surface area contributed by atoms with Crippen LogP contribution in [-0.4, -0.2) is 67.6 Å². The van der Waals surface area contributed by atoms with Crippen molar-refractivity contribution in [1.29, 1.82) is 0 Å². The summed E-state index contributed by atoms with van der Waals surface area (Å²) in [5.74, 6) is -2.57. The lowest BCUT2D eigenvalue weighted by Gasteiger charge is -2.44. The Hall–Kier alpha value is -4.77. The van der Waals surface area contributed by atoms with E-state index in [1.54, 1.807) is 42.5 Å². The summed E-state index contributed by atoms with van der Waals surface area (Å²) in [7, 11) is 1.33. The Kier molecular flexibility index (Phi) is 13.9. The van der Waals surface area contributed by atoms with Crippen LogP contribution >= 0.6 is 0 Å². The number of nitrogens with one attached hydrogen (secondary N) is 1. The molecule has 1 amide bonds. The molecule has 1 fully saturated rings. The van der Waals surface area contributed by atoms with Crippen LogP contribution in [0.5, 0.6) is 0 Å². The molecule has 1 aliphatic heterocycles. The van der Waals surface area contributed by atoms with E-state index < -0.39 is 67.2 Å². The Morgan fingerprint density at radius 2 is 1.23 bits per heavy atom. The number of ether oxygens (including phenoxy) is 5. The molecule has 4 rings (SSSR count). The molecule has 3 aromatic carbocycles. The highest BCUT2D eigenvalue weighted by molar-refractivity contribution is 5.84. The maximum absolute atomic E-state index is 13.9. The predicted molar refractivity (Wildman–Crippen MR) is 180 cm³/mol. The summed E-state index contributed by atoms with van der Waals surface area (Å²) < 4.78 is 29.4. The van der Waals surface area contributed by atoms with Gasteiger partial charge in [-0.15, -0.1) is 13.2 Å². The number of esters is 2. The largest absolute Gasteiger partial charge is 0.455 e. The van der Waals surface area contributed by atoms with Crippen molar-refractivity contribution in [3.63, 3.8) is 0 Å². The predicted octanol–water partition coefficient (Wildman–Crippen LogP) is 5.66. The zero-order valence-electron chi connectivity index (χ0n) is 27.0. The summed E-state index contributed by atoms with van der Waals surface area (Å²) in [4.78, 5) is 40.8. The minimum Gasteiger partial charge on any atom is -0.455 e. The quantitative estimate of drug-likeness (QED) is 0.114. The van der Waals surface area contributed by atoms with Crippen molar-refractivity contribution in [3.05, 3.63) is 127 Å². The molecular weight excluding hydrogens is 614 g/mol. The molecule has 0 bridgehead atoms. The van der Waals surface area contributed by atoms with Gasteiger partial charge in [0, 0.05) is 12.8 Å². The molecule has 0 radical (unpaired) electrons. The van der Waals surface area contributed by atoms with Gasteiger partial charge in [-0.3, -0.25) is 14.9 Å². The Morgan fingerprint density at radius 1 is 0.750 bits per heavy atom. The molecule has 7 atom stereocenters. The molecule has 0 aliphatic carbocycles. The molecule has 48 heavy (non-hydrogen) atoms. The minimum atomic E-state index is -1.41. The van der Waals surface area contributed by atoms with Crippen LogP contribution in [0, 0.1) is 11.8 Å². The first-order valence-electron chi connectivity index (χ1n) is 15.9. The molecule has 10 heteroatoms. The maximum atomic E-state index is 13.9. The maximum Gasteiger partial charge on any atom is 0.412 e. The van der Waals surface area contributed by atoms with Gasteiger partial charge in [-0.1, -0.05) is 91.0 Å². The summed E-state index contributed by atoms with van der Waals surface area (Å²) >= 11 is 0. The number of hydrogen-bond acceptors (Lipinski definition) is 9. The van der Waals surface area contributed by atoms with Crippen LogP contribution in [0.25, 0.3) is 0 Å². The number of carbonyl (C=O) groups is 3. The van der Waals surface area contributed by atoms with E-state index in [2.05, 4.69) is 18.5 Å². The topological polar surface area (TPSA) is 130 Å². The Balaban J connectivity index is 1.66. The number of aliphatic hydroxyl groups excluding tert-OH is 1. The van der Waals surface area contributed by atoms with E-state index in [0.717, 1.165) is 11.1 Å². The smallest absolute Gasteiger partial charge is 0.412 e. The first-order valence-corrected chi connectivity index (χ1v) is 15.9. The van der Waals surface area contributed by atoms with Gasteiger partial charge in [0.2, 0.25) is 0 Å². The monoisotopic (exact) mass is 657 g/mol. The number of hydrogen-bond donors (Lipinski definition) is 2. The fourth-order valence-corrected chi connectivity index (χ4v) is 5.60. The summed E-state index contributed by atoms with van der Waals surface area (Å²) in [5.41, 5.74) is 2.27. The summed E-state index contributed by atoms with van der Waals surface area (Å²) in [6.45, 7) is 6.99. The zero-order valence-corrected chi connectivity index (χ0v) is 27.0. The van der Waals surface area contributed by atoms with Crippen LogP contribution in [0.1, 0.15) is 24.0 Å². The van der Waals surface area contributed by atoms with Crippen LogP contribution in [0.15, 0.2) is 116 Å². The van der Waals surface area contributed by atoms with Crippen molar-refractivity contribution >= 4 is 23.7 Å². The molecule has 1 saturated heterocycles. The van der Waals surface area contributed by atoms with Gasteiger partial charge in [-0.25, -0.2) is 4.79 Å². The molecule has 0 spiro atoms. The standard InChI is InChI=1S/C38H43NO9/c1-4-15-28(23-26-17-9-6-10-18-26)35(41)46-32-31(25-40)45-37(44-3)34(48-38(43)39-30-21-13-8-14-22-30)33(32)47-36(42)29(16-5-2)24-27-19-11-7-12-20-27/h4-14,17-22,28-29,31-34,37,40H,1-2,15-16,23-25H2,3H3,(H,39,43)/t28-,29-,31+,32+,33-,34+,37-/m0/s1. The third-order valence-electron chi connectivity index (χ3n) is 7.99. The third-order valence-corrected chi connectivity index (χ3v) is 7.99. The van der Waals surface area contributed by atoms with E-state index in [-0.39, 0.29) is 6.42 Å². The molecule has 0 aromatic heterocycles. The van der Waals surface area contributed by atoms with Crippen molar-refractivity contribution < 1.29 is 43.2 Å². The SMILES string of the molecule is C=CC[C@@H](Cc1ccccc1)C(=O)O[C@@H]1[C@@H](OC(=O)Nc2ccccc2)[C@@H](OC)O[C@H](CO)[C@H]1OC(=O)[C@@H](CC=C)Cc1ccccc1. The fourth-order valence-electron chi connectivity index (χ4n) is 5.60. The van der Waals surface area contributed by atoms with Gasteiger partial charge >= 0.3 is 18.0 Å². The molecule has 10 nitrogen and oxygen atoms in total. The van der Waals surface area contributed by atoms with Gasteiger partial charge in [0.15, 0.2) is 24.6 Å². The number of rotatable bonds is 16. The van der Waals surface area contributed by atoms with Crippen LogP contribution in [0.3, 0.4) is 0 Å². The molecule has 0 saturated carbocycles. The van der Waals surface area contributed by atoms with Gasteiger partial charge < -0.3 is 28.8 Å². The van der Waals surface area contributed by atoms with Crippen LogP contribution in [0.4, 0.5) is 10.5 Å². The van der Waals surface area contributed by atoms with Gasteiger partial charge in [-0.05, 0) is 48.9 Å². The van der Waals surface area contributed by atoms with Crippen LogP contribution in [-0.2, 0) is 46.1 Å². The van der Waals surface area contributed by atoms with E-state index in [0.29, 0.717) is 24.9 Å². The number of allylic oxidation sites excluding steroid dienone is 2. The second-order valence-corrected chi connectivity index (χ2v) is 11.4. The molecule has 2 N–H and O–H groups in total. The van der Waals surface area contributed by atoms with E-state index in [9.17, 15) is 19.5 Å². The van der Waals surface area contributed by atoms with Crippen molar-refractivity contribution in [2.45, 2.75) is 56.4 Å². The van der Waals surface area contributed by atoms with E-state index in [1.165, 1.54) is 7.11 Å². The van der Waals surface area contributed by atoms with E-state index in [4.69, 9.17) is 23.7 Å². The lowest BCUT2D eigenvalue weighted by atomic mass is 9.94. The van der Waals surface area contributed by atoms with E-state index >= 15 is 0 Å². The van der Waals surface area contributed by atoms with Gasteiger partial charge in [0.1, 0.15) is 6.10 Å². The average Bonchev–Trinajstić information content (AvgIpc) is 3.10. The van der Waals surface area contributed by atoms with Gasteiger partial charge in [0.25, 0.3) is 0 Å². The highest BCUT2D eigenvalue weighted by atomic mass is 16.7. The number of amides is 1. The number of carbonyl (C=O) groups excluding carboxylic acids is 3. The number of aliphatic hydroxyl groups is 1. The van der Waals surface area contributed by atoms with Gasteiger partial charge in [-0.2, -0.15) is 0 Å². The Morgan fingerprint density at radius 3 is 1.69 bits per heavy atom. The first kappa shape index (κ1) is 36.1. The second kappa shape index (κ2) is 18.5. The fraction of sp³-hybridized carbons (Fsp3) is 0.342. The number of anilines is 1. The molecule has 0 unspecified atom stereocenters. The third kappa shape index (κ3) is 10.1. The highest BCUT2D eigenvalue weighted by Gasteiger charge is 2.53. The molecule has 1 aliphatic rings. The van der Waals surface area contributed by atoms with Gasteiger partial charge in [0.05, 0.1) is 18.4 Å². The van der Waals surface area contributed by atoms with E-state index in [1.807, 2.05) is 60.7 Å². The summed E-state index contributed by atoms with van der Waals surface area (Å²) in [5, 5.41) is 13.0. The summed E-state index contributed by atoms with van der Waals surface area (Å²) in [6.07, 6.45) is -2.99. The molecule has 254 valence electrons. The van der Waals surface area contributed by atoms with Crippen molar-refractivity contribution in [2.24, 2.45) is 11.8 Å².